The molecule has 3 atom stereocenters. The van der Waals surface area contributed by atoms with Crippen molar-refractivity contribution in [2.75, 3.05) is 69.5 Å². The van der Waals surface area contributed by atoms with E-state index in [4.69, 9.17) is 26.4 Å². The number of rotatable bonds is 32. The summed E-state index contributed by atoms with van der Waals surface area (Å²) < 4.78 is 19.4. The number of Topliss-reactive ketones (excluding diaryl/α,β-unsaturated/α-hetero) is 1. The third kappa shape index (κ3) is 19.5. The lowest BCUT2D eigenvalue weighted by atomic mass is 9.89. The van der Waals surface area contributed by atoms with Crippen LogP contribution in [0.25, 0.3) is 10.8 Å². The normalized spacial score (nSPS) is 13.9. The number of imide groups is 1. The number of pyridine rings is 2. The summed E-state index contributed by atoms with van der Waals surface area (Å²) in [4.78, 5) is 108. The topological polar surface area (TPSA) is 265 Å². The number of hydrogen-bond acceptors (Lipinski definition) is 12. The number of nitrogens with one attached hydrogen (secondary N) is 5. The van der Waals surface area contributed by atoms with E-state index in [-0.39, 0.29) is 138 Å². The number of carbonyl (C=O) groups excluding carboxylic acids is 7. The summed E-state index contributed by atoms with van der Waals surface area (Å²) in [5.74, 6) is -0.325. The molecule has 20 nitrogen and oxygen atoms in total. The summed E-state index contributed by atoms with van der Waals surface area (Å²) in [7, 11) is 0. The van der Waals surface area contributed by atoms with Gasteiger partial charge in [0.15, 0.2) is 24.7 Å². The molecule has 3 heterocycles. The number of amides is 7. The second kappa shape index (κ2) is 31.3. The summed E-state index contributed by atoms with van der Waals surface area (Å²) in [6.45, 7) is 10.5. The number of halogens is 1. The molecular formula is C60H73BrN9O11+. The number of aryl methyl sites for hydroxylation is 1. The van der Waals surface area contributed by atoms with Crippen LogP contribution in [0.2, 0.25) is 0 Å². The van der Waals surface area contributed by atoms with Gasteiger partial charge < -0.3 is 51.1 Å². The molecule has 7 N–H and O–H groups in total. The van der Waals surface area contributed by atoms with E-state index in [1.807, 2.05) is 97.2 Å². The molecule has 430 valence electrons. The predicted octanol–water partition coefficient (Wildman–Crippen LogP) is 5.44. The molecule has 1 fully saturated rings. The Labute approximate surface area is 480 Å². The van der Waals surface area contributed by atoms with Gasteiger partial charge in [0.1, 0.15) is 0 Å². The Morgan fingerprint density at radius 3 is 2.28 bits per heavy atom. The maximum absolute atomic E-state index is 13.8. The Hall–Kier alpha value is -7.77. The first-order chi connectivity index (χ1) is 38.9. The Morgan fingerprint density at radius 2 is 1.62 bits per heavy atom. The average Bonchev–Trinajstić information content (AvgIpc) is 3.68. The lowest BCUT2D eigenvalue weighted by Crippen LogP contribution is -2.45. The fraction of sp³-hybridized carbons (Fsp3) is 0.417. The highest BCUT2D eigenvalue weighted by Gasteiger charge is 2.35. The van der Waals surface area contributed by atoms with E-state index in [1.54, 1.807) is 31.2 Å². The lowest BCUT2D eigenvalue weighted by molar-refractivity contribution is -0.688. The number of likely N-dealkylation sites (tertiary alicyclic amines) is 1. The van der Waals surface area contributed by atoms with E-state index in [2.05, 4.69) is 48.1 Å². The van der Waals surface area contributed by atoms with Crippen LogP contribution in [-0.2, 0) is 57.8 Å². The van der Waals surface area contributed by atoms with Crippen molar-refractivity contribution in [2.24, 2.45) is 23.5 Å². The lowest BCUT2D eigenvalue weighted by Gasteiger charge is -2.24. The third-order valence-electron chi connectivity index (χ3n) is 13.6. The first-order valence-electron chi connectivity index (χ1n) is 27.1. The molecule has 3 aromatic carbocycles. The minimum absolute atomic E-state index is 0.000762. The molecule has 0 spiro atoms. The van der Waals surface area contributed by atoms with E-state index in [1.165, 1.54) is 4.90 Å². The van der Waals surface area contributed by atoms with Crippen molar-refractivity contribution >= 4 is 79.4 Å². The van der Waals surface area contributed by atoms with Gasteiger partial charge in [-0.15, -0.1) is 6.42 Å². The Bertz CT molecular complexity index is 3110. The Morgan fingerprint density at radius 1 is 0.914 bits per heavy atom. The first-order valence-corrected chi connectivity index (χ1v) is 27.9. The van der Waals surface area contributed by atoms with Crippen LogP contribution in [-0.4, -0.2) is 117 Å². The monoisotopic (exact) mass is 1170 g/mol. The summed E-state index contributed by atoms with van der Waals surface area (Å²) in [6.07, 6.45) is 10.3. The minimum atomic E-state index is -0.858. The summed E-state index contributed by atoms with van der Waals surface area (Å²) in [6, 6.07) is 22.5. The molecule has 5 aromatic rings. The van der Waals surface area contributed by atoms with Crippen LogP contribution in [0.1, 0.15) is 85.6 Å². The van der Waals surface area contributed by atoms with Crippen molar-refractivity contribution in [3.8, 4) is 12.3 Å². The van der Waals surface area contributed by atoms with Crippen molar-refractivity contribution in [3.05, 3.63) is 134 Å². The van der Waals surface area contributed by atoms with Gasteiger partial charge in [0.25, 0.3) is 11.5 Å². The molecule has 0 saturated carbocycles. The van der Waals surface area contributed by atoms with Crippen LogP contribution >= 0.6 is 15.9 Å². The number of benzene rings is 3. The van der Waals surface area contributed by atoms with Crippen molar-refractivity contribution in [1.29, 1.82) is 0 Å². The SMILES string of the molecule is C#CCN(Cc1cc2c(=O)[nH]c(C)cc2cc1Br)c1ccc(C(=O)NCc2ccc[n+](Cc3ccc(NC(=O)[C@H](CCCNC(N)=O)CC(=O)[C@@H](NC(=O)CCOCCOCCOCCN4C(=O)CC(C)C4=O)C(C)C)cc3)c2)cc1. The molecule has 6 rings (SSSR count). The van der Waals surface area contributed by atoms with Crippen molar-refractivity contribution in [3.63, 3.8) is 0 Å². The highest BCUT2D eigenvalue weighted by atomic mass is 79.9. The quantitative estimate of drug-likeness (QED) is 0.0136. The van der Waals surface area contributed by atoms with Crippen molar-refractivity contribution in [2.45, 2.75) is 85.5 Å². The molecule has 1 aliphatic rings. The minimum Gasteiger partial charge on any atom is -0.379 e. The van der Waals surface area contributed by atoms with Gasteiger partial charge >= 0.3 is 6.03 Å². The zero-order chi connectivity index (χ0) is 58.4. The number of anilines is 2. The van der Waals surface area contributed by atoms with Crippen LogP contribution in [0.5, 0.6) is 0 Å². The van der Waals surface area contributed by atoms with Crippen LogP contribution in [0, 0.1) is 37.0 Å². The Balaban J connectivity index is 0.939. The molecule has 1 aliphatic heterocycles. The number of hydrogen-bond donors (Lipinski definition) is 6. The molecule has 21 heteroatoms. The number of urea groups is 1. The number of H-pyrrole nitrogens is 1. The second-order valence-electron chi connectivity index (χ2n) is 20.3. The van der Waals surface area contributed by atoms with Gasteiger partial charge in [-0.2, -0.15) is 0 Å². The summed E-state index contributed by atoms with van der Waals surface area (Å²) in [5, 5.41) is 12.7. The van der Waals surface area contributed by atoms with Gasteiger partial charge in [-0.05, 0) is 97.3 Å². The molecule has 2 aromatic heterocycles. The van der Waals surface area contributed by atoms with Gasteiger partial charge in [-0.3, -0.25) is 38.5 Å². The maximum atomic E-state index is 13.8. The van der Waals surface area contributed by atoms with E-state index in [9.17, 15) is 38.4 Å². The highest BCUT2D eigenvalue weighted by Crippen LogP contribution is 2.27. The van der Waals surface area contributed by atoms with Gasteiger partial charge in [0.2, 0.25) is 23.6 Å². The molecule has 0 bridgehead atoms. The molecule has 0 radical (unpaired) electrons. The highest BCUT2D eigenvalue weighted by molar-refractivity contribution is 9.10. The van der Waals surface area contributed by atoms with Crippen molar-refractivity contribution in [1.82, 2.24) is 25.8 Å². The number of aromatic amines is 1. The zero-order valence-corrected chi connectivity index (χ0v) is 47.9. The number of fused-ring (bicyclic) bond motifs is 1. The van der Waals surface area contributed by atoms with Gasteiger partial charge in [0, 0.05) is 100 Å². The number of terminal acetylenes is 1. The molecule has 0 aliphatic carbocycles. The molecule has 1 unspecified atom stereocenters. The van der Waals surface area contributed by atoms with Crippen LogP contribution in [0.3, 0.4) is 0 Å². The fourth-order valence-corrected chi connectivity index (χ4v) is 9.73. The van der Waals surface area contributed by atoms with Crippen LogP contribution in [0.4, 0.5) is 16.2 Å². The third-order valence-corrected chi connectivity index (χ3v) is 14.3. The van der Waals surface area contributed by atoms with Gasteiger partial charge in [-0.1, -0.05) is 54.8 Å². The first kappa shape index (κ1) is 62.4. The number of carbonyl (C=O) groups is 7. The number of ketones is 1. The largest absolute Gasteiger partial charge is 0.379 e. The second-order valence-corrected chi connectivity index (χ2v) is 21.2. The molecule has 7 amide bonds. The van der Waals surface area contributed by atoms with E-state index in [0.29, 0.717) is 42.7 Å². The number of nitrogens with zero attached hydrogens (tertiary/aromatic N) is 3. The number of nitrogens with two attached hydrogens (primary N) is 1. The molecule has 1 saturated heterocycles. The van der Waals surface area contributed by atoms with E-state index >= 15 is 0 Å². The fourth-order valence-electron chi connectivity index (χ4n) is 9.24. The predicted molar refractivity (Wildman–Crippen MR) is 310 cm³/mol. The van der Waals surface area contributed by atoms with E-state index in [0.717, 1.165) is 37.9 Å². The summed E-state index contributed by atoms with van der Waals surface area (Å²) in [5.41, 5.74) is 10.4. The summed E-state index contributed by atoms with van der Waals surface area (Å²) >= 11 is 3.67. The van der Waals surface area contributed by atoms with Crippen LogP contribution in [0.15, 0.2) is 101 Å². The average molecular weight is 1180 g/mol. The standard InChI is InChI=1S/C60H72BrN9O11/c1-6-21-69(38-47-32-50-46(33-51(47)61)31-41(5)65-58(50)76)49-17-13-44(14-18-49)56(74)64-35-43-9-8-22-68(37-43)36-42-11-15-48(16-12-42)66-57(75)45(10-7-20-63-60(62)78)34-52(71)55(39(2)3)67-53(72)19-24-79-26-28-81-29-27-80-25-23-70-54(73)30-40(4)59(70)77/h1,8-9,11-18,22,31-33,37,39-40,45,55H,7,10,19-21,23-30,34-36,38H2,2-5H3,(H6-,62,63,64,65,66,67,72,74,75,76,78)/p+1/t40?,45-,55+/m1/s1. The molecule has 81 heavy (non-hydrogen) atoms. The Kier molecular flexibility index (Phi) is 24.1. The van der Waals surface area contributed by atoms with Gasteiger partial charge in [0.05, 0.1) is 58.8 Å². The van der Waals surface area contributed by atoms with Gasteiger partial charge in [-0.25, -0.2) is 9.36 Å². The molecular weight excluding hydrogens is 1100 g/mol. The number of ether oxygens (including phenoxy) is 3. The van der Waals surface area contributed by atoms with Crippen molar-refractivity contribution < 1.29 is 52.3 Å². The number of aromatic nitrogens is 2. The number of primary amides is 1. The zero-order valence-electron chi connectivity index (χ0n) is 46.4. The van der Waals surface area contributed by atoms with E-state index < -0.39 is 18.0 Å². The smallest absolute Gasteiger partial charge is 0.312 e. The van der Waals surface area contributed by atoms with Crippen LogP contribution < -0.4 is 42.0 Å². The maximum Gasteiger partial charge on any atom is 0.312 e.